The number of aromatic nitrogens is 1. The Morgan fingerprint density at radius 1 is 1.13 bits per heavy atom. The lowest BCUT2D eigenvalue weighted by molar-refractivity contribution is -0.139. The highest BCUT2D eigenvalue weighted by atomic mass is 79.9. The van der Waals surface area contributed by atoms with Gasteiger partial charge in [-0.2, -0.15) is 5.26 Å². The van der Waals surface area contributed by atoms with E-state index in [1.54, 1.807) is 36.6 Å². The van der Waals surface area contributed by atoms with Gasteiger partial charge in [-0.05, 0) is 107 Å². The maximum Gasteiger partial charge on any atom is 0.338 e. The average Bonchev–Trinajstić information content (AvgIpc) is 3.30. The van der Waals surface area contributed by atoms with Crippen LogP contribution in [0.4, 0.5) is 0 Å². The minimum absolute atomic E-state index is 0.119. The van der Waals surface area contributed by atoms with Gasteiger partial charge in [0.1, 0.15) is 24.1 Å². The highest BCUT2D eigenvalue weighted by Gasteiger charge is 2.35. The molecule has 1 aliphatic rings. The zero-order valence-electron chi connectivity index (χ0n) is 25.0. The number of allylic oxidation sites excluding steroid dienone is 1. The van der Waals surface area contributed by atoms with Crippen molar-refractivity contribution in [2.75, 3.05) is 6.61 Å². The number of hydrogen-bond acceptors (Lipinski definition) is 8. The maximum absolute atomic E-state index is 14.1. The molecule has 45 heavy (non-hydrogen) atoms. The fraction of sp³-hybridized carbons (Fsp3) is 0.235. The van der Waals surface area contributed by atoms with Gasteiger partial charge in [-0.25, -0.2) is 9.79 Å². The summed E-state index contributed by atoms with van der Waals surface area (Å²) in [7, 11) is 0. The second-order valence-corrected chi connectivity index (χ2v) is 13.1. The molecule has 5 rings (SSSR count). The molecular formula is C34H29Br2N3O5S. The van der Waals surface area contributed by atoms with Crippen LogP contribution in [0.3, 0.4) is 0 Å². The molecule has 1 aliphatic heterocycles. The van der Waals surface area contributed by atoms with Gasteiger partial charge in [0.2, 0.25) is 0 Å². The largest absolute Gasteiger partial charge is 0.491 e. The van der Waals surface area contributed by atoms with Crippen LogP contribution in [0.1, 0.15) is 56.0 Å². The standard InChI is InChI=1S/C34H29Br2N3O5S/c1-5-42-33(41)29-20(4)38-34-39(30(29)24-8-6-7-9-27(24)44-19(2)3)32(40)28(45-34)16-23-14-25(35)31(26(36)15-23)43-18-22-12-10-21(17-37)11-13-22/h6-16,19,30H,5,18H2,1-4H3/b28-16-/t30-/m1/s1. The van der Waals surface area contributed by atoms with Crippen LogP contribution in [0.25, 0.3) is 6.08 Å². The van der Waals surface area contributed by atoms with Crippen molar-refractivity contribution in [2.45, 2.75) is 46.4 Å². The molecule has 230 valence electrons. The third-order valence-electron chi connectivity index (χ3n) is 6.88. The van der Waals surface area contributed by atoms with E-state index in [2.05, 4.69) is 42.9 Å². The Bertz CT molecular complexity index is 2000. The monoisotopic (exact) mass is 749 g/mol. The molecule has 4 aromatic rings. The van der Waals surface area contributed by atoms with Crippen molar-refractivity contribution in [1.82, 2.24) is 4.57 Å². The molecule has 1 atom stereocenters. The van der Waals surface area contributed by atoms with Crippen molar-refractivity contribution in [2.24, 2.45) is 4.99 Å². The number of para-hydroxylation sites is 1. The van der Waals surface area contributed by atoms with Crippen molar-refractivity contribution in [3.8, 4) is 17.6 Å². The summed E-state index contributed by atoms with van der Waals surface area (Å²) in [5, 5.41) is 9.03. The van der Waals surface area contributed by atoms with Crippen molar-refractivity contribution in [1.29, 1.82) is 5.26 Å². The minimum Gasteiger partial charge on any atom is -0.491 e. The van der Waals surface area contributed by atoms with E-state index in [-0.39, 0.29) is 18.3 Å². The van der Waals surface area contributed by atoms with Gasteiger partial charge in [0.05, 0.1) is 49.1 Å². The summed E-state index contributed by atoms with van der Waals surface area (Å²) in [5.74, 6) is 0.657. The molecule has 0 aliphatic carbocycles. The van der Waals surface area contributed by atoms with Gasteiger partial charge >= 0.3 is 5.97 Å². The first kappa shape index (κ1) is 32.4. The third-order valence-corrected chi connectivity index (χ3v) is 9.04. The zero-order chi connectivity index (χ0) is 32.2. The van der Waals surface area contributed by atoms with Crippen LogP contribution in [0.5, 0.6) is 11.5 Å². The molecule has 8 nitrogen and oxygen atoms in total. The predicted molar refractivity (Wildman–Crippen MR) is 180 cm³/mol. The predicted octanol–water partition coefficient (Wildman–Crippen LogP) is 6.56. The molecule has 2 heterocycles. The number of nitriles is 1. The third kappa shape index (κ3) is 6.98. The number of esters is 1. The molecule has 11 heteroatoms. The Kier molecular flexibility index (Phi) is 10.1. The summed E-state index contributed by atoms with van der Waals surface area (Å²) in [5.41, 5.74) is 3.43. The van der Waals surface area contributed by atoms with Crippen LogP contribution in [-0.2, 0) is 16.1 Å². The summed E-state index contributed by atoms with van der Waals surface area (Å²) in [4.78, 5) is 32.5. The lowest BCUT2D eigenvalue weighted by Crippen LogP contribution is -2.40. The van der Waals surface area contributed by atoms with E-state index >= 15 is 0 Å². The van der Waals surface area contributed by atoms with E-state index in [1.165, 1.54) is 11.3 Å². The summed E-state index contributed by atoms with van der Waals surface area (Å²) >= 11 is 8.47. The second-order valence-electron chi connectivity index (χ2n) is 10.4. The number of nitrogens with zero attached hydrogens (tertiary/aromatic N) is 3. The number of ether oxygens (including phenoxy) is 3. The number of halogens is 2. The molecule has 0 saturated carbocycles. The summed E-state index contributed by atoms with van der Waals surface area (Å²) in [6.07, 6.45) is 1.67. The molecule has 0 radical (unpaired) electrons. The van der Waals surface area contributed by atoms with Gasteiger partial charge in [0, 0.05) is 5.56 Å². The highest BCUT2D eigenvalue weighted by molar-refractivity contribution is 9.11. The summed E-state index contributed by atoms with van der Waals surface area (Å²) in [6, 6.07) is 19.7. The lowest BCUT2D eigenvalue weighted by atomic mass is 9.95. The van der Waals surface area contributed by atoms with Gasteiger partial charge in [0.15, 0.2) is 4.80 Å². The molecule has 0 spiro atoms. The molecule has 0 fully saturated rings. The highest BCUT2D eigenvalue weighted by Crippen LogP contribution is 2.37. The first-order valence-corrected chi connectivity index (χ1v) is 16.6. The van der Waals surface area contributed by atoms with Crippen molar-refractivity contribution in [3.63, 3.8) is 0 Å². The quantitative estimate of drug-likeness (QED) is 0.180. The Morgan fingerprint density at radius 3 is 2.47 bits per heavy atom. The number of carbonyl (C=O) groups is 1. The number of rotatable bonds is 9. The SMILES string of the molecule is CCOC(=O)C1=C(C)N=c2s/c(=C\c3cc(Br)c(OCc4ccc(C#N)cc4)c(Br)c3)c(=O)n2[C@@H]1c1ccccc1OC(C)C. The number of hydrogen-bond donors (Lipinski definition) is 0. The van der Waals surface area contributed by atoms with Gasteiger partial charge < -0.3 is 14.2 Å². The van der Waals surface area contributed by atoms with E-state index in [0.717, 1.165) is 11.1 Å². The summed E-state index contributed by atoms with van der Waals surface area (Å²) < 4.78 is 21.0. The van der Waals surface area contributed by atoms with Crippen molar-refractivity contribution >= 4 is 55.2 Å². The fourth-order valence-corrected chi connectivity index (χ4v) is 7.43. The molecule has 0 amide bonds. The maximum atomic E-state index is 14.1. The van der Waals surface area contributed by atoms with Crippen LogP contribution < -0.4 is 24.4 Å². The Morgan fingerprint density at radius 2 is 1.82 bits per heavy atom. The van der Waals surface area contributed by atoms with E-state index < -0.39 is 12.0 Å². The first-order chi connectivity index (χ1) is 21.6. The van der Waals surface area contributed by atoms with Crippen molar-refractivity contribution < 1.29 is 19.0 Å². The summed E-state index contributed by atoms with van der Waals surface area (Å²) in [6.45, 7) is 7.85. The normalized spacial score (nSPS) is 14.5. The molecular weight excluding hydrogens is 722 g/mol. The Labute approximate surface area is 281 Å². The lowest BCUT2D eigenvalue weighted by Gasteiger charge is -2.26. The second kappa shape index (κ2) is 14.0. The van der Waals surface area contributed by atoms with Gasteiger partial charge in [0.25, 0.3) is 5.56 Å². The van der Waals surface area contributed by atoms with Gasteiger partial charge in [-0.3, -0.25) is 9.36 Å². The minimum atomic E-state index is -0.783. The fourth-order valence-electron chi connectivity index (χ4n) is 4.94. The topological polar surface area (TPSA) is 103 Å². The van der Waals surface area contributed by atoms with E-state index in [9.17, 15) is 9.59 Å². The van der Waals surface area contributed by atoms with E-state index in [4.69, 9.17) is 19.5 Å². The molecule has 0 bridgehead atoms. The van der Waals surface area contributed by atoms with Gasteiger partial charge in [-0.15, -0.1) is 0 Å². The van der Waals surface area contributed by atoms with Crippen LogP contribution >= 0.6 is 43.2 Å². The first-order valence-electron chi connectivity index (χ1n) is 14.2. The van der Waals surface area contributed by atoms with E-state index in [0.29, 0.717) is 58.8 Å². The molecule has 0 saturated heterocycles. The molecule has 1 aromatic heterocycles. The van der Waals surface area contributed by atoms with Crippen LogP contribution in [0, 0.1) is 11.3 Å². The Balaban J connectivity index is 1.56. The van der Waals surface area contributed by atoms with Crippen LogP contribution in [-0.4, -0.2) is 23.2 Å². The van der Waals surface area contributed by atoms with E-state index in [1.807, 2.05) is 62.4 Å². The molecule has 0 N–H and O–H groups in total. The Hall–Kier alpha value is -3.98. The molecule has 3 aromatic carbocycles. The van der Waals surface area contributed by atoms with Crippen LogP contribution in [0.15, 0.2) is 90.7 Å². The number of thiazole rings is 1. The van der Waals surface area contributed by atoms with Gasteiger partial charge in [-0.1, -0.05) is 41.7 Å². The number of carbonyl (C=O) groups excluding carboxylic acids is 1. The van der Waals surface area contributed by atoms with Crippen molar-refractivity contribution in [3.05, 3.63) is 123 Å². The molecule has 0 unspecified atom stereocenters. The van der Waals surface area contributed by atoms with Crippen LogP contribution in [0.2, 0.25) is 0 Å². The zero-order valence-corrected chi connectivity index (χ0v) is 29.0. The number of benzene rings is 3. The smallest absolute Gasteiger partial charge is 0.338 e. The number of fused-ring (bicyclic) bond motifs is 1. The average molecular weight is 751 g/mol.